The molecule has 8 nitrogen and oxygen atoms in total. The van der Waals surface area contributed by atoms with E-state index in [2.05, 4.69) is 23.9 Å². The SMILES string of the molecule is CC[C@H](C)c1ccc(S(=O)(=O)N2CCN(CC(=O)NC(=O)OC)CC2)cc1. The van der Waals surface area contributed by atoms with Crippen LogP contribution < -0.4 is 5.32 Å². The molecule has 1 saturated heterocycles. The summed E-state index contributed by atoms with van der Waals surface area (Å²) >= 11 is 0. The number of methoxy groups -OCH3 is 1. The molecule has 0 spiro atoms. The maximum atomic E-state index is 12.8. The molecule has 1 heterocycles. The molecule has 2 amide bonds. The van der Waals surface area contributed by atoms with E-state index in [-0.39, 0.29) is 11.4 Å². The van der Waals surface area contributed by atoms with Gasteiger partial charge in [-0.15, -0.1) is 0 Å². The van der Waals surface area contributed by atoms with Crippen LogP contribution in [0.5, 0.6) is 0 Å². The lowest BCUT2D eigenvalue weighted by molar-refractivity contribution is -0.121. The fourth-order valence-corrected chi connectivity index (χ4v) is 4.31. The van der Waals surface area contributed by atoms with Crippen LogP contribution in [0.4, 0.5) is 4.79 Å². The van der Waals surface area contributed by atoms with Crippen molar-refractivity contribution in [2.45, 2.75) is 31.1 Å². The van der Waals surface area contributed by atoms with Crippen LogP contribution in [-0.4, -0.2) is 69.5 Å². The predicted molar refractivity (Wildman–Crippen MR) is 101 cm³/mol. The van der Waals surface area contributed by atoms with Gasteiger partial charge in [-0.3, -0.25) is 15.0 Å². The average Bonchev–Trinajstić information content (AvgIpc) is 2.67. The third-order valence-corrected chi connectivity index (χ3v) is 6.74. The lowest BCUT2D eigenvalue weighted by Crippen LogP contribution is -2.51. The standard InChI is InChI=1S/C18H27N3O5S/c1-4-14(2)15-5-7-16(8-6-15)27(24,25)21-11-9-20(10-12-21)13-17(22)19-18(23)26-3/h5-8,14H,4,9-13H2,1-3H3,(H,19,22,23)/t14-/m0/s1. The molecule has 0 aromatic heterocycles. The van der Waals surface area contributed by atoms with Crippen LogP contribution in [0.1, 0.15) is 31.7 Å². The molecule has 0 saturated carbocycles. The zero-order valence-electron chi connectivity index (χ0n) is 16.0. The summed E-state index contributed by atoms with van der Waals surface area (Å²) in [7, 11) is -2.37. The number of rotatable bonds is 6. The maximum absolute atomic E-state index is 12.8. The Morgan fingerprint density at radius 1 is 1.15 bits per heavy atom. The van der Waals surface area contributed by atoms with Crippen molar-refractivity contribution in [3.63, 3.8) is 0 Å². The summed E-state index contributed by atoms with van der Waals surface area (Å²) in [5.74, 6) is -0.0831. The highest BCUT2D eigenvalue weighted by atomic mass is 32.2. The van der Waals surface area contributed by atoms with Crippen molar-refractivity contribution in [1.29, 1.82) is 0 Å². The Labute approximate surface area is 160 Å². The lowest BCUT2D eigenvalue weighted by Gasteiger charge is -2.33. The maximum Gasteiger partial charge on any atom is 0.413 e. The van der Waals surface area contributed by atoms with Gasteiger partial charge in [-0.25, -0.2) is 13.2 Å². The first-order valence-corrected chi connectivity index (χ1v) is 10.4. The molecule has 9 heteroatoms. The summed E-state index contributed by atoms with van der Waals surface area (Å²) in [6.45, 7) is 5.64. The Bertz CT molecular complexity index is 756. The van der Waals surface area contributed by atoms with Crippen molar-refractivity contribution >= 4 is 22.0 Å². The van der Waals surface area contributed by atoms with E-state index in [0.717, 1.165) is 12.0 Å². The van der Waals surface area contributed by atoms with Crippen LogP contribution in [0.15, 0.2) is 29.2 Å². The van der Waals surface area contributed by atoms with E-state index >= 15 is 0 Å². The van der Waals surface area contributed by atoms with E-state index in [1.54, 1.807) is 17.0 Å². The van der Waals surface area contributed by atoms with Crippen LogP contribution in [0.2, 0.25) is 0 Å². The quantitative estimate of drug-likeness (QED) is 0.779. The number of piperazine rings is 1. The Balaban J connectivity index is 1.94. The highest BCUT2D eigenvalue weighted by Gasteiger charge is 2.29. The Kier molecular flexibility index (Phi) is 7.34. The number of sulfonamides is 1. The third kappa shape index (κ3) is 5.50. The second-order valence-corrected chi connectivity index (χ2v) is 8.54. The molecule has 1 aromatic carbocycles. The Morgan fingerprint density at radius 3 is 2.26 bits per heavy atom. The van der Waals surface area contributed by atoms with Gasteiger partial charge in [0, 0.05) is 26.2 Å². The van der Waals surface area contributed by atoms with Crippen LogP contribution in [0, 0.1) is 0 Å². The van der Waals surface area contributed by atoms with Gasteiger partial charge in [0.1, 0.15) is 0 Å². The topological polar surface area (TPSA) is 96.0 Å². The molecule has 1 N–H and O–H groups in total. The van der Waals surface area contributed by atoms with Gasteiger partial charge < -0.3 is 4.74 Å². The fourth-order valence-electron chi connectivity index (χ4n) is 2.89. The molecule has 1 aromatic rings. The summed E-state index contributed by atoms with van der Waals surface area (Å²) in [4.78, 5) is 24.8. The second-order valence-electron chi connectivity index (χ2n) is 6.60. The third-order valence-electron chi connectivity index (χ3n) is 4.82. The molecule has 2 rings (SSSR count). The number of imide groups is 1. The molecule has 27 heavy (non-hydrogen) atoms. The number of ether oxygens (including phenoxy) is 1. The smallest absolute Gasteiger partial charge is 0.413 e. The Morgan fingerprint density at radius 2 is 1.74 bits per heavy atom. The van der Waals surface area contributed by atoms with Crippen molar-refractivity contribution in [3.05, 3.63) is 29.8 Å². The number of hydrogen-bond donors (Lipinski definition) is 1. The number of nitrogens with one attached hydrogen (secondary N) is 1. The minimum atomic E-state index is -3.55. The number of amides is 2. The predicted octanol–water partition coefficient (Wildman–Crippen LogP) is 1.39. The minimum absolute atomic E-state index is 0.0204. The first-order valence-electron chi connectivity index (χ1n) is 8.98. The van der Waals surface area contributed by atoms with E-state index in [0.29, 0.717) is 32.1 Å². The van der Waals surface area contributed by atoms with Gasteiger partial charge in [0.05, 0.1) is 18.6 Å². The lowest BCUT2D eigenvalue weighted by atomic mass is 9.99. The van der Waals surface area contributed by atoms with Crippen molar-refractivity contribution in [2.75, 3.05) is 39.8 Å². The highest BCUT2D eigenvalue weighted by molar-refractivity contribution is 7.89. The van der Waals surface area contributed by atoms with Crippen molar-refractivity contribution < 1.29 is 22.7 Å². The molecule has 0 bridgehead atoms. The molecular weight excluding hydrogens is 370 g/mol. The van der Waals surface area contributed by atoms with E-state index in [9.17, 15) is 18.0 Å². The number of benzene rings is 1. The summed E-state index contributed by atoms with van der Waals surface area (Å²) < 4.78 is 31.4. The Hall–Kier alpha value is -1.97. The van der Waals surface area contributed by atoms with Crippen LogP contribution in [0.3, 0.4) is 0 Å². The zero-order chi connectivity index (χ0) is 20.0. The summed E-state index contributed by atoms with van der Waals surface area (Å²) in [6, 6.07) is 7.06. The van der Waals surface area contributed by atoms with Gasteiger partial charge in [0.15, 0.2) is 0 Å². The number of nitrogens with zero attached hydrogens (tertiary/aromatic N) is 2. The number of carbonyl (C=O) groups excluding carboxylic acids is 2. The first kappa shape index (κ1) is 21.3. The molecule has 0 unspecified atom stereocenters. The molecular formula is C18H27N3O5S. The van der Waals surface area contributed by atoms with Crippen molar-refractivity contribution in [1.82, 2.24) is 14.5 Å². The zero-order valence-corrected chi connectivity index (χ0v) is 16.8. The molecule has 0 aliphatic carbocycles. The van der Waals surface area contributed by atoms with Crippen molar-refractivity contribution in [2.24, 2.45) is 0 Å². The molecule has 1 aliphatic heterocycles. The largest absolute Gasteiger partial charge is 0.453 e. The number of hydrogen-bond acceptors (Lipinski definition) is 6. The van der Waals surface area contributed by atoms with E-state index < -0.39 is 22.0 Å². The first-order chi connectivity index (χ1) is 12.8. The summed E-state index contributed by atoms with van der Waals surface area (Å²) in [5, 5.41) is 2.09. The minimum Gasteiger partial charge on any atom is -0.453 e. The van der Waals surface area contributed by atoms with Gasteiger partial charge in [-0.2, -0.15) is 4.31 Å². The molecule has 1 atom stereocenters. The summed E-state index contributed by atoms with van der Waals surface area (Å²) in [5.41, 5.74) is 1.12. The number of carbonyl (C=O) groups is 2. The van der Waals surface area contributed by atoms with Gasteiger partial charge >= 0.3 is 6.09 Å². The van der Waals surface area contributed by atoms with E-state index in [1.165, 1.54) is 11.4 Å². The van der Waals surface area contributed by atoms with Gasteiger partial charge in [-0.1, -0.05) is 26.0 Å². The normalized spacial score (nSPS) is 17.3. The van der Waals surface area contributed by atoms with Crippen LogP contribution in [0.25, 0.3) is 0 Å². The molecule has 0 radical (unpaired) electrons. The highest BCUT2D eigenvalue weighted by Crippen LogP contribution is 2.23. The van der Waals surface area contributed by atoms with Gasteiger partial charge in [-0.05, 0) is 30.0 Å². The molecule has 1 aliphatic rings. The fraction of sp³-hybridized carbons (Fsp3) is 0.556. The van der Waals surface area contributed by atoms with E-state index in [1.807, 2.05) is 12.1 Å². The second kappa shape index (κ2) is 9.29. The number of alkyl carbamates (subject to hydrolysis) is 1. The monoisotopic (exact) mass is 397 g/mol. The average molecular weight is 397 g/mol. The van der Waals surface area contributed by atoms with Gasteiger partial charge in [0.2, 0.25) is 15.9 Å². The molecule has 150 valence electrons. The van der Waals surface area contributed by atoms with Gasteiger partial charge in [0.25, 0.3) is 0 Å². The summed E-state index contributed by atoms with van der Waals surface area (Å²) in [6.07, 6.45) is 0.194. The molecule has 1 fully saturated rings. The van der Waals surface area contributed by atoms with Crippen LogP contribution in [-0.2, 0) is 19.6 Å². The van der Waals surface area contributed by atoms with Crippen molar-refractivity contribution in [3.8, 4) is 0 Å². The van der Waals surface area contributed by atoms with Crippen LogP contribution >= 0.6 is 0 Å². The van der Waals surface area contributed by atoms with E-state index in [4.69, 9.17) is 0 Å².